The molecule has 0 bridgehead atoms. The van der Waals surface area contributed by atoms with Crippen LogP contribution in [-0.2, 0) is 13.0 Å². The molecule has 1 aliphatic rings. The molecule has 15 heavy (non-hydrogen) atoms. The molecule has 0 atom stereocenters. The van der Waals surface area contributed by atoms with E-state index in [1.807, 2.05) is 6.07 Å². The van der Waals surface area contributed by atoms with E-state index in [-0.39, 0.29) is 12.4 Å². The molecular formula is C9H9N3O3. The molecule has 0 saturated heterocycles. The zero-order valence-electron chi connectivity index (χ0n) is 7.86. The van der Waals surface area contributed by atoms with E-state index in [2.05, 4.69) is 0 Å². The second kappa shape index (κ2) is 3.20. The summed E-state index contributed by atoms with van der Waals surface area (Å²) in [6.07, 6.45) is -0.514. The van der Waals surface area contributed by atoms with Gasteiger partial charge in [-0.25, -0.2) is 4.79 Å². The molecule has 2 rings (SSSR count). The number of rotatable bonds is 0. The fraction of sp³-hybridized carbons (Fsp3) is 0.333. The van der Waals surface area contributed by atoms with Crippen LogP contribution in [0.5, 0.6) is 0 Å². The maximum Gasteiger partial charge on any atom is 0.407 e. The average Bonchev–Trinajstić information content (AvgIpc) is 2.51. The van der Waals surface area contributed by atoms with Crippen molar-refractivity contribution in [3.63, 3.8) is 0 Å². The molecule has 0 aliphatic carbocycles. The number of nitrogens with two attached hydrogens (primary N) is 1. The molecule has 6 nitrogen and oxygen atoms in total. The highest BCUT2D eigenvalue weighted by molar-refractivity contribution is 5.66. The third kappa shape index (κ3) is 1.38. The summed E-state index contributed by atoms with van der Waals surface area (Å²) in [5, 5.41) is 17.6. The summed E-state index contributed by atoms with van der Waals surface area (Å²) >= 11 is 0. The van der Waals surface area contributed by atoms with Crippen LogP contribution in [0.25, 0.3) is 0 Å². The van der Waals surface area contributed by atoms with E-state index in [0.29, 0.717) is 24.3 Å². The Balaban J connectivity index is 2.37. The molecule has 78 valence electrons. The summed E-state index contributed by atoms with van der Waals surface area (Å²) in [4.78, 5) is 11.9. The summed E-state index contributed by atoms with van der Waals surface area (Å²) in [6, 6.07) is 1.96. The van der Waals surface area contributed by atoms with Crippen LogP contribution in [-0.4, -0.2) is 22.6 Å². The number of nitrogen functional groups attached to an aromatic ring is 1. The fourth-order valence-corrected chi connectivity index (χ4v) is 1.71. The number of carbonyl (C=O) groups is 1. The van der Waals surface area contributed by atoms with Crippen LogP contribution >= 0.6 is 0 Å². The van der Waals surface area contributed by atoms with Gasteiger partial charge in [-0.05, 0) is 6.42 Å². The maximum absolute atomic E-state index is 10.7. The van der Waals surface area contributed by atoms with E-state index < -0.39 is 6.09 Å². The van der Waals surface area contributed by atoms with Crippen molar-refractivity contribution in [2.45, 2.75) is 13.0 Å². The lowest BCUT2D eigenvalue weighted by Gasteiger charge is -2.22. The molecule has 2 heterocycles. The molecule has 6 heteroatoms. The van der Waals surface area contributed by atoms with Crippen molar-refractivity contribution in [3.05, 3.63) is 16.9 Å². The summed E-state index contributed by atoms with van der Waals surface area (Å²) in [6.45, 7) is 0.534. The summed E-state index contributed by atoms with van der Waals surface area (Å²) in [5.74, 6) is 0.562. The van der Waals surface area contributed by atoms with Gasteiger partial charge in [-0.1, -0.05) is 0 Å². The molecule has 1 aromatic rings. The Bertz CT molecular complexity index is 458. The SMILES string of the molecule is N#Cc1c(N)oc2c1CCN(C(=O)O)C2. The molecular weight excluding hydrogens is 198 g/mol. The number of fused-ring (bicyclic) bond motifs is 1. The van der Waals surface area contributed by atoms with Gasteiger partial charge in [-0.3, -0.25) is 0 Å². The Morgan fingerprint density at radius 2 is 2.40 bits per heavy atom. The number of furan rings is 1. The fourth-order valence-electron chi connectivity index (χ4n) is 1.71. The van der Waals surface area contributed by atoms with Gasteiger partial charge in [0.15, 0.2) is 0 Å². The van der Waals surface area contributed by atoms with Gasteiger partial charge in [0.1, 0.15) is 17.4 Å². The topological polar surface area (TPSA) is 103 Å². The number of anilines is 1. The molecule has 0 aromatic carbocycles. The molecule has 0 unspecified atom stereocenters. The van der Waals surface area contributed by atoms with E-state index >= 15 is 0 Å². The maximum atomic E-state index is 10.7. The minimum Gasteiger partial charge on any atom is -0.465 e. The van der Waals surface area contributed by atoms with Crippen molar-refractivity contribution in [2.24, 2.45) is 0 Å². The average molecular weight is 207 g/mol. The van der Waals surface area contributed by atoms with Crippen LogP contribution in [0.3, 0.4) is 0 Å². The van der Waals surface area contributed by atoms with Crippen molar-refractivity contribution in [3.8, 4) is 6.07 Å². The Morgan fingerprint density at radius 1 is 1.67 bits per heavy atom. The van der Waals surface area contributed by atoms with Crippen LogP contribution in [0, 0.1) is 11.3 Å². The third-order valence-corrected chi connectivity index (χ3v) is 2.47. The van der Waals surface area contributed by atoms with Crippen LogP contribution in [0.1, 0.15) is 16.9 Å². The van der Waals surface area contributed by atoms with Crippen LogP contribution in [0.4, 0.5) is 10.7 Å². The smallest absolute Gasteiger partial charge is 0.407 e. The van der Waals surface area contributed by atoms with E-state index in [4.69, 9.17) is 20.5 Å². The Hall–Kier alpha value is -2.16. The van der Waals surface area contributed by atoms with Gasteiger partial charge in [0.2, 0.25) is 5.88 Å². The van der Waals surface area contributed by atoms with Gasteiger partial charge in [-0.2, -0.15) is 5.26 Å². The van der Waals surface area contributed by atoms with Gasteiger partial charge in [0.25, 0.3) is 0 Å². The highest BCUT2D eigenvalue weighted by Gasteiger charge is 2.27. The first-order valence-corrected chi connectivity index (χ1v) is 4.41. The normalized spacial score (nSPS) is 14.5. The number of amides is 1. The Labute approximate surface area is 85.5 Å². The first-order chi connectivity index (χ1) is 7.13. The van der Waals surface area contributed by atoms with Crippen LogP contribution in [0.15, 0.2) is 4.42 Å². The molecule has 1 aliphatic heterocycles. The predicted molar refractivity (Wildman–Crippen MR) is 50.0 cm³/mol. The van der Waals surface area contributed by atoms with Crippen LogP contribution < -0.4 is 5.73 Å². The van der Waals surface area contributed by atoms with Crippen molar-refractivity contribution in [1.82, 2.24) is 4.90 Å². The monoisotopic (exact) mass is 207 g/mol. The highest BCUT2D eigenvalue weighted by atomic mass is 16.4. The first kappa shape index (κ1) is 9.40. The number of hydrogen-bond acceptors (Lipinski definition) is 4. The molecule has 0 saturated carbocycles. The van der Waals surface area contributed by atoms with E-state index in [1.165, 1.54) is 4.90 Å². The van der Waals surface area contributed by atoms with Crippen molar-refractivity contribution in [1.29, 1.82) is 5.26 Å². The molecule has 3 N–H and O–H groups in total. The molecule has 0 spiro atoms. The van der Waals surface area contributed by atoms with Gasteiger partial charge in [0, 0.05) is 12.1 Å². The van der Waals surface area contributed by atoms with E-state index in [9.17, 15) is 4.79 Å². The quantitative estimate of drug-likeness (QED) is 0.653. The number of carboxylic acid groups (broad SMARTS) is 1. The van der Waals surface area contributed by atoms with E-state index in [1.54, 1.807) is 0 Å². The first-order valence-electron chi connectivity index (χ1n) is 4.41. The summed E-state index contributed by atoms with van der Waals surface area (Å²) in [5.41, 5.74) is 6.58. The second-order valence-electron chi connectivity index (χ2n) is 3.31. The van der Waals surface area contributed by atoms with E-state index in [0.717, 1.165) is 5.56 Å². The summed E-state index contributed by atoms with van der Waals surface area (Å²) in [7, 11) is 0. The minimum absolute atomic E-state index is 0.0785. The lowest BCUT2D eigenvalue weighted by Crippen LogP contribution is -2.34. The lowest BCUT2D eigenvalue weighted by molar-refractivity contribution is 0.135. The van der Waals surface area contributed by atoms with Gasteiger partial charge < -0.3 is 20.2 Å². The second-order valence-corrected chi connectivity index (χ2v) is 3.31. The zero-order valence-corrected chi connectivity index (χ0v) is 7.86. The standard InChI is InChI=1S/C9H9N3O3/c10-3-6-5-1-2-12(9(13)14)4-7(5)15-8(6)11/h1-2,4,11H2,(H,13,14). The number of nitriles is 1. The summed E-state index contributed by atoms with van der Waals surface area (Å²) < 4.78 is 5.16. The highest BCUT2D eigenvalue weighted by Crippen LogP contribution is 2.29. The molecule has 0 fully saturated rings. The molecule has 1 aromatic heterocycles. The van der Waals surface area contributed by atoms with Gasteiger partial charge >= 0.3 is 6.09 Å². The molecule has 1 amide bonds. The third-order valence-electron chi connectivity index (χ3n) is 2.47. The minimum atomic E-state index is -0.992. The largest absolute Gasteiger partial charge is 0.465 e. The zero-order chi connectivity index (χ0) is 11.0. The van der Waals surface area contributed by atoms with Crippen molar-refractivity contribution < 1.29 is 14.3 Å². The lowest BCUT2D eigenvalue weighted by atomic mass is 10.0. The number of nitrogens with zero attached hydrogens (tertiary/aromatic N) is 2. The Morgan fingerprint density at radius 3 is 3.00 bits per heavy atom. The van der Waals surface area contributed by atoms with Crippen molar-refractivity contribution in [2.75, 3.05) is 12.3 Å². The van der Waals surface area contributed by atoms with Crippen molar-refractivity contribution >= 4 is 12.0 Å². The molecule has 0 radical (unpaired) electrons. The van der Waals surface area contributed by atoms with Gasteiger partial charge in [0.05, 0.1) is 6.54 Å². The number of hydrogen-bond donors (Lipinski definition) is 2. The van der Waals surface area contributed by atoms with Crippen LogP contribution in [0.2, 0.25) is 0 Å². The van der Waals surface area contributed by atoms with Gasteiger partial charge in [-0.15, -0.1) is 0 Å². The Kier molecular flexibility index (Phi) is 2.01. The predicted octanol–water partition coefficient (Wildman–Crippen LogP) is 0.770.